The highest BCUT2D eigenvalue weighted by Crippen LogP contribution is 2.26. The van der Waals surface area contributed by atoms with Crippen LogP contribution in [0.25, 0.3) is 21.0 Å². The molecule has 0 atom stereocenters. The number of carbonyl (C=O) groups excluding carboxylic acids is 1. The molecule has 5 rings (SSSR count). The van der Waals surface area contributed by atoms with Crippen molar-refractivity contribution in [2.45, 2.75) is 30.6 Å². The van der Waals surface area contributed by atoms with E-state index in [1.54, 1.807) is 23.5 Å². The van der Waals surface area contributed by atoms with E-state index in [0.717, 1.165) is 34.1 Å². The van der Waals surface area contributed by atoms with Gasteiger partial charge in [0.15, 0.2) is 0 Å². The lowest BCUT2D eigenvalue weighted by molar-refractivity contribution is -0.126. The minimum atomic E-state index is -3.57. The van der Waals surface area contributed by atoms with E-state index in [9.17, 15) is 13.2 Å². The van der Waals surface area contributed by atoms with E-state index >= 15 is 0 Å². The number of piperidine rings is 1. The lowest BCUT2D eigenvalue weighted by Gasteiger charge is -2.30. The maximum atomic E-state index is 13.1. The molecule has 1 aliphatic heterocycles. The van der Waals surface area contributed by atoms with Crippen molar-refractivity contribution >= 4 is 48.3 Å². The maximum Gasteiger partial charge on any atom is 0.243 e. The van der Waals surface area contributed by atoms with Crippen LogP contribution >= 0.6 is 11.3 Å². The number of amides is 1. The van der Waals surface area contributed by atoms with Gasteiger partial charge in [0.2, 0.25) is 15.9 Å². The molecule has 2 heterocycles. The van der Waals surface area contributed by atoms with Gasteiger partial charge in [0.1, 0.15) is 0 Å². The summed E-state index contributed by atoms with van der Waals surface area (Å²) >= 11 is 1.70. The van der Waals surface area contributed by atoms with Gasteiger partial charge in [-0.05, 0) is 54.3 Å². The van der Waals surface area contributed by atoms with Gasteiger partial charge < -0.3 is 5.32 Å². The summed E-state index contributed by atoms with van der Waals surface area (Å²) in [5.41, 5.74) is 1.02. The van der Waals surface area contributed by atoms with Gasteiger partial charge in [-0.25, -0.2) is 13.4 Å². The number of hydrogen-bond acceptors (Lipinski definition) is 5. The number of aromatic nitrogens is 1. The molecular formula is C26H27N3O3S2. The molecule has 0 saturated carbocycles. The van der Waals surface area contributed by atoms with Crippen molar-refractivity contribution < 1.29 is 13.2 Å². The number of hydrogen-bond donors (Lipinski definition) is 1. The number of thiazole rings is 1. The average molecular weight is 494 g/mol. The Labute approximate surface area is 203 Å². The Bertz CT molecular complexity index is 1390. The van der Waals surface area contributed by atoms with Gasteiger partial charge in [-0.1, -0.05) is 42.5 Å². The van der Waals surface area contributed by atoms with Crippen LogP contribution < -0.4 is 5.32 Å². The Morgan fingerprint density at radius 3 is 2.53 bits per heavy atom. The lowest BCUT2D eigenvalue weighted by atomic mass is 9.97. The van der Waals surface area contributed by atoms with Crippen molar-refractivity contribution in [1.29, 1.82) is 0 Å². The van der Waals surface area contributed by atoms with Crippen LogP contribution in [-0.2, 0) is 21.2 Å². The van der Waals surface area contributed by atoms with Crippen LogP contribution in [0.2, 0.25) is 0 Å². The van der Waals surface area contributed by atoms with E-state index in [4.69, 9.17) is 0 Å². The van der Waals surface area contributed by atoms with Crippen LogP contribution in [0.3, 0.4) is 0 Å². The molecule has 1 aliphatic rings. The van der Waals surface area contributed by atoms with Gasteiger partial charge in [-0.3, -0.25) is 4.79 Å². The van der Waals surface area contributed by atoms with Crippen LogP contribution in [0.5, 0.6) is 0 Å². The number of para-hydroxylation sites is 1. The summed E-state index contributed by atoms with van der Waals surface area (Å²) < 4.78 is 29.0. The van der Waals surface area contributed by atoms with Crippen molar-refractivity contribution in [3.05, 3.63) is 71.7 Å². The van der Waals surface area contributed by atoms with Crippen LogP contribution in [0.1, 0.15) is 24.3 Å². The predicted octanol–water partition coefficient (Wildman–Crippen LogP) is 4.60. The van der Waals surface area contributed by atoms with Gasteiger partial charge in [0.05, 0.1) is 20.1 Å². The normalized spacial score (nSPS) is 15.6. The summed E-state index contributed by atoms with van der Waals surface area (Å²) in [6, 6.07) is 21.1. The molecule has 0 spiro atoms. The fraction of sp³-hybridized carbons (Fsp3) is 0.308. The smallest absolute Gasteiger partial charge is 0.243 e. The minimum absolute atomic E-state index is 0.0204. The SMILES string of the molecule is O=C(NCCCc1nc2ccccc2s1)C1CCN(S(=O)(=O)c2ccc3ccccc3c2)CC1. The number of aryl methyl sites for hydroxylation is 1. The standard InChI is InChI=1S/C26H27N3O3S2/c30-26(27-15-5-10-25-28-23-8-3-4-9-24(23)33-25)20-13-16-29(17-14-20)34(31,32)22-12-11-19-6-1-2-7-21(19)18-22/h1-4,6-9,11-12,18,20H,5,10,13-17H2,(H,27,30). The van der Waals surface area contributed by atoms with Gasteiger partial charge in [0.25, 0.3) is 0 Å². The van der Waals surface area contributed by atoms with Crippen molar-refractivity contribution in [2.75, 3.05) is 19.6 Å². The number of sulfonamides is 1. The van der Waals surface area contributed by atoms with Gasteiger partial charge >= 0.3 is 0 Å². The molecule has 1 saturated heterocycles. The van der Waals surface area contributed by atoms with Gasteiger partial charge in [0, 0.05) is 32.0 Å². The molecule has 1 amide bonds. The molecular weight excluding hydrogens is 466 g/mol. The molecule has 0 radical (unpaired) electrons. The highest BCUT2D eigenvalue weighted by atomic mass is 32.2. The van der Waals surface area contributed by atoms with E-state index in [1.165, 1.54) is 9.01 Å². The Hall–Kier alpha value is -2.81. The Morgan fingerprint density at radius 1 is 1.00 bits per heavy atom. The van der Waals surface area contributed by atoms with E-state index in [0.29, 0.717) is 37.4 Å². The highest BCUT2D eigenvalue weighted by Gasteiger charge is 2.32. The summed E-state index contributed by atoms with van der Waals surface area (Å²) in [6.45, 7) is 1.32. The molecule has 1 aromatic heterocycles. The van der Waals surface area contributed by atoms with E-state index in [-0.39, 0.29) is 11.8 Å². The van der Waals surface area contributed by atoms with Crippen LogP contribution in [-0.4, -0.2) is 43.2 Å². The zero-order chi connectivity index (χ0) is 23.5. The Morgan fingerprint density at radius 2 is 1.74 bits per heavy atom. The van der Waals surface area contributed by atoms with Crippen molar-refractivity contribution in [3.63, 3.8) is 0 Å². The summed E-state index contributed by atoms with van der Waals surface area (Å²) in [7, 11) is -3.57. The van der Waals surface area contributed by atoms with Crippen LogP contribution in [0, 0.1) is 5.92 Å². The van der Waals surface area contributed by atoms with E-state index < -0.39 is 10.0 Å². The molecule has 3 aromatic carbocycles. The number of fused-ring (bicyclic) bond motifs is 2. The summed E-state index contributed by atoms with van der Waals surface area (Å²) in [5, 5.41) is 6.04. The first-order chi connectivity index (χ1) is 16.5. The first kappa shape index (κ1) is 23.0. The molecule has 0 unspecified atom stereocenters. The topological polar surface area (TPSA) is 79.4 Å². The molecule has 6 nitrogen and oxygen atoms in total. The second-order valence-electron chi connectivity index (χ2n) is 8.66. The van der Waals surface area contributed by atoms with Crippen LogP contribution in [0.4, 0.5) is 0 Å². The monoisotopic (exact) mass is 493 g/mol. The molecule has 1 N–H and O–H groups in total. The molecule has 34 heavy (non-hydrogen) atoms. The fourth-order valence-corrected chi connectivity index (χ4v) is 6.97. The predicted molar refractivity (Wildman–Crippen MR) is 136 cm³/mol. The molecule has 0 aliphatic carbocycles. The first-order valence-corrected chi connectivity index (χ1v) is 13.9. The van der Waals surface area contributed by atoms with Crippen LogP contribution in [0.15, 0.2) is 71.6 Å². The third-order valence-corrected chi connectivity index (χ3v) is 9.38. The van der Waals surface area contributed by atoms with Gasteiger partial charge in [-0.2, -0.15) is 4.31 Å². The van der Waals surface area contributed by atoms with E-state index in [1.807, 2.05) is 48.5 Å². The summed E-state index contributed by atoms with van der Waals surface area (Å²) in [4.78, 5) is 17.6. The number of nitrogens with one attached hydrogen (secondary N) is 1. The lowest BCUT2D eigenvalue weighted by Crippen LogP contribution is -2.43. The molecule has 176 valence electrons. The highest BCUT2D eigenvalue weighted by molar-refractivity contribution is 7.89. The second kappa shape index (κ2) is 9.82. The number of benzene rings is 3. The second-order valence-corrected chi connectivity index (χ2v) is 11.7. The first-order valence-electron chi connectivity index (χ1n) is 11.6. The molecule has 4 aromatic rings. The minimum Gasteiger partial charge on any atom is -0.356 e. The third kappa shape index (κ3) is 4.85. The Kier molecular flexibility index (Phi) is 6.63. The average Bonchev–Trinajstić information content (AvgIpc) is 3.29. The van der Waals surface area contributed by atoms with Crippen molar-refractivity contribution in [2.24, 2.45) is 5.92 Å². The summed E-state index contributed by atoms with van der Waals surface area (Å²) in [5.74, 6) is -0.127. The molecule has 0 bridgehead atoms. The number of nitrogens with zero attached hydrogens (tertiary/aromatic N) is 2. The van der Waals surface area contributed by atoms with Crippen molar-refractivity contribution in [1.82, 2.24) is 14.6 Å². The van der Waals surface area contributed by atoms with E-state index in [2.05, 4.69) is 16.4 Å². The van der Waals surface area contributed by atoms with Gasteiger partial charge in [-0.15, -0.1) is 11.3 Å². The Balaban J connectivity index is 1.11. The zero-order valence-corrected chi connectivity index (χ0v) is 20.4. The third-order valence-electron chi connectivity index (χ3n) is 6.39. The largest absolute Gasteiger partial charge is 0.356 e. The fourth-order valence-electron chi connectivity index (χ4n) is 4.46. The quantitative estimate of drug-likeness (QED) is 0.382. The summed E-state index contributed by atoms with van der Waals surface area (Å²) in [6.07, 6.45) is 2.75. The molecule has 8 heteroatoms. The molecule has 1 fully saturated rings. The number of carbonyl (C=O) groups is 1. The van der Waals surface area contributed by atoms with Crippen molar-refractivity contribution in [3.8, 4) is 0 Å². The maximum absolute atomic E-state index is 13.1. The zero-order valence-electron chi connectivity index (χ0n) is 18.8. The number of rotatable bonds is 7.